The molecule has 0 amide bonds. The van der Waals surface area contributed by atoms with E-state index in [1.54, 1.807) is 0 Å². The van der Waals surface area contributed by atoms with E-state index in [1.165, 1.54) is 0 Å². The van der Waals surface area contributed by atoms with Crippen molar-refractivity contribution in [3.63, 3.8) is 0 Å². The summed E-state index contributed by atoms with van der Waals surface area (Å²) in [7, 11) is 0. The van der Waals surface area contributed by atoms with E-state index in [1.807, 2.05) is 0 Å². The number of aliphatic hydroxyl groups is 1. The predicted octanol–water partition coefficient (Wildman–Crippen LogP) is -0.0948. The Bertz CT molecular complexity index is 142. The van der Waals surface area contributed by atoms with E-state index in [2.05, 4.69) is 0 Å². The molecule has 4 unspecified atom stereocenters. The van der Waals surface area contributed by atoms with E-state index in [9.17, 15) is 0 Å². The van der Waals surface area contributed by atoms with Gasteiger partial charge in [0.15, 0.2) is 0 Å². The van der Waals surface area contributed by atoms with Crippen molar-refractivity contribution in [1.82, 2.24) is 0 Å². The predicted molar refractivity (Wildman–Crippen MR) is 43.7 cm³/mol. The topological polar surface area (TPSA) is 55.5 Å². The Kier molecular flexibility index (Phi) is 2.75. The SMILES string of the molecule is Cl.NC1C2CCC(O2)C1CO. The summed E-state index contributed by atoms with van der Waals surface area (Å²) >= 11 is 0. The molecular formula is C7H14ClNO2. The molecule has 0 radical (unpaired) electrons. The van der Waals surface area contributed by atoms with Crippen molar-refractivity contribution in [1.29, 1.82) is 0 Å². The van der Waals surface area contributed by atoms with Gasteiger partial charge in [-0.05, 0) is 12.8 Å². The molecule has 3 nitrogen and oxygen atoms in total. The Balaban J connectivity index is 0.000000605. The fraction of sp³-hybridized carbons (Fsp3) is 1.00. The van der Waals surface area contributed by atoms with E-state index in [0.717, 1.165) is 12.8 Å². The first-order valence-electron chi connectivity index (χ1n) is 3.85. The molecule has 0 aliphatic carbocycles. The van der Waals surface area contributed by atoms with Crippen LogP contribution in [0.3, 0.4) is 0 Å². The van der Waals surface area contributed by atoms with Crippen LogP contribution in [0.4, 0.5) is 0 Å². The van der Waals surface area contributed by atoms with Crippen molar-refractivity contribution in [2.45, 2.75) is 31.1 Å². The van der Waals surface area contributed by atoms with Gasteiger partial charge in [0.05, 0.1) is 12.2 Å². The lowest BCUT2D eigenvalue weighted by Crippen LogP contribution is -2.41. The molecule has 0 aromatic rings. The molecule has 3 N–H and O–H groups in total. The monoisotopic (exact) mass is 179 g/mol. The lowest BCUT2D eigenvalue weighted by atomic mass is 9.86. The third-order valence-corrected chi connectivity index (χ3v) is 2.70. The Morgan fingerprint density at radius 3 is 2.36 bits per heavy atom. The maximum absolute atomic E-state index is 8.90. The van der Waals surface area contributed by atoms with Crippen LogP contribution in [0.25, 0.3) is 0 Å². The molecule has 0 aromatic carbocycles. The summed E-state index contributed by atoms with van der Waals surface area (Å²) in [5.41, 5.74) is 5.79. The van der Waals surface area contributed by atoms with Crippen LogP contribution in [0.5, 0.6) is 0 Å². The van der Waals surface area contributed by atoms with Crippen LogP contribution in [0, 0.1) is 5.92 Å². The number of hydrogen-bond acceptors (Lipinski definition) is 3. The Hall–Kier alpha value is 0.170. The number of hydrogen-bond donors (Lipinski definition) is 2. The Morgan fingerprint density at radius 1 is 1.36 bits per heavy atom. The zero-order valence-corrected chi connectivity index (χ0v) is 7.09. The van der Waals surface area contributed by atoms with Crippen LogP contribution in [-0.2, 0) is 4.74 Å². The molecule has 2 aliphatic heterocycles. The summed E-state index contributed by atoms with van der Waals surface area (Å²) in [6, 6.07) is 0.0868. The van der Waals surface area contributed by atoms with Crippen molar-refractivity contribution in [2.75, 3.05) is 6.61 Å². The highest BCUT2D eigenvalue weighted by Gasteiger charge is 2.46. The lowest BCUT2D eigenvalue weighted by Gasteiger charge is -2.21. The normalized spacial score (nSPS) is 47.5. The zero-order chi connectivity index (χ0) is 7.14. The molecule has 66 valence electrons. The summed E-state index contributed by atoms with van der Waals surface area (Å²) in [6.07, 6.45) is 2.67. The van der Waals surface area contributed by atoms with E-state index < -0.39 is 0 Å². The molecule has 0 saturated carbocycles. The fourth-order valence-corrected chi connectivity index (χ4v) is 2.05. The highest BCUT2D eigenvalue weighted by molar-refractivity contribution is 5.85. The van der Waals surface area contributed by atoms with Gasteiger partial charge in [0.1, 0.15) is 0 Å². The smallest absolute Gasteiger partial charge is 0.0735 e. The van der Waals surface area contributed by atoms with Gasteiger partial charge in [-0.2, -0.15) is 0 Å². The van der Waals surface area contributed by atoms with Crippen LogP contribution in [-0.4, -0.2) is 30.0 Å². The molecule has 2 bridgehead atoms. The standard InChI is InChI=1S/C7H13NO2.ClH/c8-7-4(3-9)5-1-2-6(7)10-5;/h4-7,9H,1-3,8H2;1H. The minimum Gasteiger partial charge on any atom is -0.396 e. The van der Waals surface area contributed by atoms with Crippen molar-refractivity contribution >= 4 is 12.4 Å². The van der Waals surface area contributed by atoms with Crippen LogP contribution in [0.15, 0.2) is 0 Å². The average Bonchev–Trinajstić information content (AvgIpc) is 2.46. The summed E-state index contributed by atoms with van der Waals surface area (Å²) in [6.45, 7) is 0.183. The molecule has 2 heterocycles. The number of halogens is 1. The van der Waals surface area contributed by atoms with Gasteiger partial charge in [0.2, 0.25) is 0 Å². The quantitative estimate of drug-likeness (QED) is 0.592. The third-order valence-electron chi connectivity index (χ3n) is 2.70. The highest BCUT2D eigenvalue weighted by Crippen LogP contribution is 2.37. The van der Waals surface area contributed by atoms with E-state index in [0.29, 0.717) is 0 Å². The first-order valence-corrected chi connectivity index (χ1v) is 3.85. The number of nitrogens with two attached hydrogens (primary N) is 1. The number of ether oxygens (including phenoxy) is 1. The number of rotatable bonds is 1. The van der Waals surface area contributed by atoms with Crippen LogP contribution in [0.2, 0.25) is 0 Å². The zero-order valence-electron chi connectivity index (χ0n) is 6.27. The van der Waals surface area contributed by atoms with Gasteiger partial charge in [-0.1, -0.05) is 0 Å². The summed E-state index contributed by atoms with van der Waals surface area (Å²) < 4.78 is 5.50. The minimum atomic E-state index is 0. The molecule has 4 atom stereocenters. The summed E-state index contributed by atoms with van der Waals surface area (Å²) in [5.74, 6) is 0.207. The molecular weight excluding hydrogens is 166 g/mol. The lowest BCUT2D eigenvalue weighted by molar-refractivity contribution is 0.0793. The van der Waals surface area contributed by atoms with Crippen LogP contribution < -0.4 is 5.73 Å². The second kappa shape index (κ2) is 3.27. The maximum Gasteiger partial charge on any atom is 0.0735 e. The molecule has 2 saturated heterocycles. The molecule has 2 aliphatic rings. The summed E-state index contributed by atoms with van der Waals surface area (Å²) in [4.78, 5) is 0. The van der Waals surface area contributed by atoms with Gasteiger partial charge in [0.25, 0.3) is 0 Å². The molecule has 2 fully saturated rings. The van der Waals surface area contributed by atoms with Crippen molar-refractivity contribution in [3.8, 4) is 0 Å². The van der Waals surface area contributed by atoms with Gasteiger partial charge >= 0.3 is 0 Å². The van der Waals surface area contributed by atoms with E-state index in [4.69, 9.17) is 15.6 Å². The summed E-state index contributed by atoms with van der Waals surface area (Å²) in [5, 5.41) is 8.90. The molecule has 2 rings (SSSR count). The first kappa shape index (κ1) is 9.26. The van der Waals surface area contributed by atoms with Gasteiger partial charge in [-0.25, -0.2) is 0 Å². The fourth-order valence-electron chi connectivity index (χ4n) is 2.05. The van der Waals surface area contributed by atoms with E-state index >= 15 is 0 Å². The van der Waals surface area contributed by atoms with Crippen LogP contribution in [0.1, 0.15) is 12.8 Å². The molecule has 0 spiro atoms. The molecule has 4 heteroatoms. The molecule has 11 heavy (non-hydrogen) atoms. The van der Waals surface area contributed by atoms with Gasteiger partial charge < -0.3 is 15.6 Å². The van der Waals surface area contributed by atoms with Crippen LogP contribution >= 0.6 is 12.4 Å². The Labute approximate surface area is 72.3 Å². The van der Waals surface area contributed by atoms with Crippen molar-refractivity contribution in [2.24, 2.45) is 11.7 Å². The van der Waals surface area contributed by atoms with Gasteiger partial charge in [-0.15, -0.1) is 12.4 Å². The Morgan fingerprint density at radius 2 is 2.00 bits per heavy atom. The average molecular weight is 180 g/mol. The number of fused-ring (bicyclic) bond motifs is 2. The first-order chi connectivity index (χ1) is 4.83. The second-order valence-electron chi connectivity index (χ2n) is 3.21. The van der Waals surface area contributed by atoms with Crippen molar-refractivity contribution in [3.05, 3.63) is 0 Å². The van der Waals surface area contributed by atoms with Gasteiger partial charge in [0, 0.05) is 18.6 Å². The largest absolute Gasteiger partial charge is 0.396 e. The molecule has 0 aromatic heterocycles. The third kappa shape index (κ3) is 1.26. The minimum absolute atomic E-state index is 0. The van der Waals surface area contributed by atoms with Crippen molar-refractivity contribution < 1.29 is 9.84 Å². The van der Waals surface area contributed by atoms with E-state index in [-0.39, 0.29) is 43.2 Å². The second-order valence-corrected chi connectivity index (χ2v) is 3.21. The maximum atomic E-state index is 8.90. The van der Waals surface area contributed by atoms with Gasteiger partial charge in [-0.3, -0.25) is 0 Å². The highest BCUT2D eigenvalue weighted by atomic mass is 35.5. The number of aliphatic hydroxyl groups excluding tert-OH is 1.